The van der Waals surface area contributed by atoms with Gasteiger partial charge in [-0.2, -0.15) is 0 Å². The maximum atomic E-state index is 12.4. The second-order valence-corrected chi connectivity index (χ2v) is 6.16. The third kappa shape index (κ3) is 3.57. The summed E-state index contributed by atoms with van der Waals surface area (Å²) in [6.45, 7) is 4.65. The summed E-state index contributed by atoms with van der Waals surface area (Å²) < 4.78 is 10.9. The van der Waals surface area contributed by atoms with Gasteiger partial charge in [-0.05, 0) is 30.7 Å². The second-order valence-electron chi connectivity index (χ2n) is 6.16. The first-order valence-electron chi connectivity index (χ1n) is 8.12. The fourth-order valence-corrected chi connectivity index (χ4v) is 3.08. The summed E-state index contributed by atoms with van der Waals surface area (Å²) in [5.41, 5.74) is 0.476. The number of hydrogen-bond acceptors (Lipinski definition) is 4. The molecule has 1 heterocycles. The van der Waals surface area contributed by atoms with Crippen molar-refractivity contribution in [1.29, 1.82) is 0 Å². The molecule has 1 aliphatic rings. The Morgan fingerprint density at radius 2 is 1.75 bits per heavy atom. The van der Waals surface area contributed by atoms with E-state index < -0.39 is 5.97 Å². The summed E-state index contributed by atoms with van der Waals surface area (Å²) >= 11 is 0. The highest BCUT2D eigenvalue weighted by atomic mass is 16.5. The lowest BCUT2D eigenvalue weighted by molar-refractivity contribution is -0.146. The molecule has 5 nitrogen and oxygen atoms in total. The number of carbonyl (C=O) groups is 2. The predicted molar refractivity (Wildman–Crippen MR) is 90.8 cm³/mol. The fraction of sp³-hybridized carbons (Fsp3) is 0.368. The van der Waals surface area contributed by atoms with E-state index in [4.69, 9.17) is 9.47 Å². The van der Waals surface area contributed by atoms with Crippen LogP contribution < -0.4 is 0 Å². The highest BCUT2D eigenvalue weighted by Crippen LogP contribution is 2.19. The standard InChI is InChI=1S/C19H21NO4/c1-13-10-20(11-14(2)24-13)18(21)12-23-19(22)17-9-5-7-15-6-3-4-8-16(15)17/h3-9,13-14H,10-12H2,1-2H3/t13-,14-/m0/s1. The summed E-state index contributed by atoms with van der Waals surface area (Å²) in [5, 5.41) is 1.79. The van der Waals surface area contributed by atoms with Crippen LogP contribution in [0.25, 0.3) is 10.8 Å². The normalized spacial score (nSPS) is 20.8. The van der Waals surface area contributed by atoms with Crippen molar-refractivity contribution in [2.75, 3.05) is 19.7 Å². The average molecular weight is 327 g/mol. The first-order chi connectivity index (χ1) is 11.5. The lowest BCUT2D eigenvalue weighted by Gasteiger charge is -2.35. The molecule has 0 aliphatic carbocycles. The van der Waals surface area contributed by atoms with Gasteiger partial charge in [-0.15, -0.1) is 0 Å². The van der Waals surface area contributed by atoms with Crippen molar-refractivity contribution in [2.45, 2.75) is 26.1 Å². The molecule has 2 aromatic carbocycles. The molecule has 0 N–H and O–H groups in total. The summed E-state index contributed by atoms with van der Waals surface area (Å²) in [6.07, 6.45) is -0.0158. The Bertz CT molecular complexity index is 743. The van der Waals surface area contributed by atoms with Crippen molar-refractivity contribution in [3.8, 4) is 0 Å². The Morgan fingerprint density at radius 1 is 1.08 bits per heavy atom. The topological polar surface area (TPSA) is 55.8 Å². The Hall–Kier alpha value is -2.40. The molecule has 0 bridgehead atoms. The SMILES string of the molecule is C[C@H]1CN(C(=O)COC(=O)c2cccc3ccccc23)C[C@H](C)O1. The molecular formula is C19H21NO4. The van der Waals surface area contributed by atoms with Crippen molar-refractivity contribution in [1.82, 2.24) is 4.90 Å². The molecule has 2 aromatic rings. The first kappa shape index (κ1) is 16.5. The van der Waals surface area contributed by atoms with Crippen LogP contribution in [0.2, 0.25) is 0 Å². The number of carbonyl (C=O) groups excluding carboxylic acids is 2. The zero-order chi connectivity index (χ0) is 17.1. The quantitative estimate of drug-likeness (QED) is 0.813. The van der Waals surface area contributed by atoms with Crippen LogP contribution in [0.1, 0.15) is 24.2 Å². The molecule has 2 atom stereocenters. The van der Waals surface area contributed by atoms with Gasteiger partial charge in [-0.25, -0.2) is 4.79 Å². The molecular weight excluding hydrogens is 306 g/mol. The van der Waals surface area contributed by atoms with Crippen LogP contribution in [-0.2, 0) is 14.3 Å². The van der Waals surface area contributed by atoms with E-state index in [1.54, 1.807) is 11.0 Å². The number of benzene rings is 2. The number of ether oxygens (including phenoxy) is 2. The molecule has 1 amide bonds. The Morgan fingerprint density at radius 3 is 2.50 bits per heavy atom. The number of nitrogens with zero attached hydrogens (tertiary/aromatic N) is 1. The molecule has 1 fully saturated rings. The minimum absolute atomic E-state index is 0.00790. The summed E-state index contributed by atoms with van der Waals surface area (Å²) in [5.74, 6) is -0.667. The van der Waals surface area contributed by atoms with Gasteiger partial charge >= 0.3 is 5.97 Å². The summed E-state index contributed by atoms with van der Waals surface area (Å²) in [7, 11) is 0. The van der Waals surface area contributed by atoms with Gasteiger partial charge in [0.2, 0.25) is 0 Å². The number of esters is 1. The smallest absolute Gasteiger partial charge is 0.339 e. The van der Waals surface area contributed by atoms with E-state index in [9.17, 15) is 9.59 Å². The van der Waals surface area contributed by atoms with Gasteiger partial charge in [0, 0.05) is 13.1 Å². The van der Waals surface area contributed by atoms with Crippen LogP contribution in [0.15, 0.2) is 42.5 Å². The third-order valence-corrected chi connectivity index (χ3v) is 4.11. The van der Waals surface area contributed by atoms with Crippen LogP contribution in [0.4, 0.5) is 0 Å². The molecule has 1 aliphatic heterocycles. The van der Waals surface area contributed by atoms with Crippen molar-refractivity contribution < 1.29 is 19.1 Å². The van der Waals surface area contributed by atoms with E-state index in [1.165, 1.54) is 0 Å². The Labute approximate surface area is 141 Å². The number of amides is 1. The van der Waals surface area contributed by atoms with Crippen LogP contribution >= 0.6 is 0 Å². The lowest BCUT2D eigenvalue weighted by atomic mass is 10.1. The Kier molecular flexibility index (Phi) is 4.81. The maximum Gasteiger partial charge on any atom is 0.339 e. The molecule has 126 valence electrons. The van der Waals surface area contributed by atoms with Gasteiger partial charge in [0.1, 0.15) is 0 Å². The van der Waals surface area contributed by atoms with Crippen LogP contribution in [-0.4, -0.2) is 48.7 Å². The highest BCUT2D eigenvalue weighted by Gasteiger charge is 2.26. The fourth-order valence-electron chi connectivity index (χ4n) is 3.08. The molecule has 3 rings (SSSR count). The summed E-state index contributed by atoms with van der Waals surface area (Å²) in [4.78, 5) is 26.3. The van der Waals surface area contributed by atoms with Gasteiger partial charge in [-0.1, -0.05) is 36.4 Å². The van der Waals surface area contributed by atoms with E-state index in [0.717, 1.165) is 10.8 Å². The molecule has 0 unspecified atom stereocenters. The number of hydrogen-bond donors (Lipinski definition) is 0. The highest BCUT2D eigenvalue weighted by molar-refractivity contribution is 6.04. The van der Waals surface area contributed by atoms with Crippen LogP contribution in [0.5, 0.6) is 0 Å². The van der Waals surface area contributed by atoms with Crippen molar-refractivity contribution >= 4 is 22.6 Å². The largest absolute Gasteiger partial charge is 0.452 e. The van der Waals surface area contributed by atoms with E-state index in [1.807, 2.05) is 50.2 Å². The van der Waals surface area contributed by atoms with Crippen LogP contribution in [0.3, 0.4) is 0 Å². The van der Waals surface area contributed by atoms with E-state index >= 15 is 0 Å². The third-order valence-electron chi connectivity index (χ3n) is 4.11. The predicted octanol–water partition coefficient (Wildman–Crippen LogP) is 2.63. The van der Waals surface area contributed by atoms with Gasteiger partial charge in [-0.3, -0.25) is 4.79 Å². The van der Waals surface area contributed by atoms with Gasteiger partial charge in [0.25, 0.3) is 5.91 Å². The molecule has 0 radical (unpaired) electrons. The minimum Gasteiger partial charge on any atom is -0.452 e. The first-order valence-corrected chi connectivity index (χ1v) is 8.12. The van der Waals surface area contributed by atoms with Crippen molar-refractivity contribution in [3.05, 3.63) is 48.0 Å². The number of rotatable bonds is 3. The van der Waals surface area contributed by atoms with Crippen LogP contribution in [0, 0.1) is 0 Å². The Balaban J connectivity index is 1.65. The van der Waals surface area contributed by atoms with E-state index in [0.29, 0.717) is 18.7 Å². The van der Waals surface area contributed by atoms with Crippen molar-refractivity contribution in [3.63, 3.8) is 0 Å². The van der Waals surface area contributed by atoms with Gasteiger partial charge in [0.15, 0.2) is 6.61 Å². The molecule has 1 saturated heterocycles. The molecule has 0 saturated carbocycles. The minimum atomic E-state index is -0.477. The second kappa shape index (κ2) is 7.01. The van der Waals surface area contributed by atoms with E-state index in [2.05, 4.69) is 0 Å². The monoisotopic (exact) mass is 327 g/mol. The maximum absolute atomic E-state index is 12.4. The average Bonchev–Trinajstić information content (AvgIpc) is 2.58. The van der Waals surface area contributed by atoms with Crippen molar-refractivity contribution in [2.24, 2.45) is 0 Å². The number of fused-ring (bicyclic) bond motifs is 1. The molecule has 24 heavy (non-hydrogen) atoms. The van der Waals surface area contributed by atoms with E-state index in [-0.39, 0.29) is 24.7 Å². The molecule has 5 heteroatoms. The molecule has 0 spiro atoms. The zero-order valence-electron chi connectivity index (χ0n) is 13.9. The van der Waals surface area contributed by atoms with Gasteiger partial charge in [0.05, 0.1) is 17.8 Å². The molecule has 0 aromatic heterocycles. The zero-order valence-corrected chi connectivity index (χ0v) is 13.9. The van der Waals surface area contributed by atoms with Gasteiger partial charge < -0.3 is 14.4 Å². The summed E-state index contributed by atoms with van der Waals surface area (Å²) in [6, 6.07) is 13.1. The number of morpholine rings is 1. The lowest BCUT2D eigenvalue weighted by Crippen LogP contribution is -2.49.